The number of imidazole rings is 1. The van der Waals surface area contributed by atoms with Gasteiger partial charge in [-0.3, -0.25) is 4.57 Å². The molecule has 0 bridgehead atoms. The molecule has 3 aromatic heterocycles. The van der Waals surface area contributed by atoms with E-state index in [1.54, 1.807) is 0 Å². The first-order chi connectivity index (χ1) is 35.5. The van der Waals surface area contributed by atoms with Crippen LogP contribution >= 0.6 is 0 Å². The van der Waals surface area contributed by atoms with E-state index in [1.807, 2.05) is 18.3 Å². The van der Waals surface area contributed by atoms with Crippen LogP contribution in [0, 0.1) is 18.5 Å². The summed E-state index contributed by atoms with van der Waals surface area (Å²) >= 11 is 0. The first-order valence-electron chi connectivity index (χ1n) is 25.1. The normalized spacial score (nSPS) is 12.1. The van der Waals surface area contributed by atoms with Crippen molar-refractivity contribution in [3.63, 3.8) is 0 Å². The predicted octanol–water partition coefficient (Wildman–Crippen LogP) is 16.8. The van der Waals surface area contributed by atoms with E-state index in [0.717, 1.165) is 94.5 Å². The Morgan fingerprint density at radius 3 is 1.78 bits per heavy atom. The summed E-state index contributed by atoms with van der Waals surface area (Å²) in [7, 11) is 0. The van der Waals surface area contributed by atoms with E-state index in [-0.39, 0.29) is 31.9 Å². The number of ether oxygens (including phenoxy) is 1. The summed E-state index contributed by atoms with van der Waals surface area (Å²) < 4.78 is 13.8. The first kappa shape index (κ1) is 46.9. The standard InChI is InChI=1S/C68H52N4O.Pt/c1-67(2,3)46-35-33-45(34-36-46)58-41-59-55-27-14-15-31-60(55)72(64-39-47(37-38-69-64)68(4,5)6)62(59)42-63(58)73-49-22-16-21-48(40-49)70-43-71-65-50(44-19-8-7-9-20-44)28-17-29-56(65)53-25-12-10-23-51(53)52-24-11-13-26-54(52)57-30-18-32-61(70)66(57)71;/h7-39,41H,1-6H3;/q-2;. The molecule has 0 spiro atoms. The Bertz CT molecular complexity index is 4130. The average molecular weight is 1140 g/mol. The molecule has 6 heteroatoms. The molecule has 1 aliphatic heterocycles. The van der Waals surface area contributed by atoms with Gasteiger partial charge in [-0.05, 0) is 95.7 Å². The minimum Gasteiger partial charge on any atom is -0.509 e. The Morgan fingerprint density at radius 2 is 1.05 bits per heavy atom. The van der Waals surface area contributed by atoms with Crippen LogP contribution in [-0.4, -0.2) is 14.1 Å². The van der Waals surface area contributed by atoms with E-state index in [2.05, 4.69) is 262 Å². The second kappa shape index (κ2) is 18.1. The Labute approximate surface area is 447 Å². The number of nitrogens with zero attached hydrogens (tertiary/aromatic N) is 4. The fourth-order valence-corrected chi connectivity index (χ4v) is 10.8. The van der Waals surface area contributed by atoms with Crippen molar-refractivity contribution in [2.75, 3.05) is 0 Å². The van der Waals surface area contributed by atoms with E-state index in [1.165, 1.54) is 22.3 Å². The van der Waals surface area contributed by atoms with Crippen LogP contribution < -0.4 is 9.30 Å². The molecule has 5 nitrogen and oxygen atoms in total. The van der Waals surface area contributed by atoms with Crippen molar-refractivity contribution in [3.8, 4) is 84.3 Å². The SMILES string of the molecule is CC(C)(C)c1ccc(-c2cc3c4ccccc4n(-c4cc(C(C)(C)C)ccn4)c3[c-]c2Oc2[c-]c(-n3[c-][n+]4c5c(cccc53)-c3ccccc3-c3ccccc3-c3cccc(-c5ccccc5)c3-4)ccc2)cc1.[Pt]. The van der Waals surface area contributed by atoms with E-state index in [9.17, 15) is 0 Å². The number of para-hydroxylation sites is 3. The van der Waals surface area contributed by atoms with Gasteiger partial charge in [-0.1, -0.05) is 216 Å². The maximum atomic E-state index is 7.17. The summed E-state index contributed by atoms with van der Waals surface area (Å²) in [6.07, 6.45) is 5.84. The van der Waals surface area contributed by atoms with Crippen LogP contribution in [0.25, 0.3) is 106 Å². The molecule has 74 heavy (non-hydrogen) atoms. The minimum absolute atomic E-state index is 0. The molecule has 13 rings (SSSR count). The predicted molar refractivity (Wildman–Crippen MR) is 298 cm³/mol. The third-order valence-corrected chi connectivity index (χ3v) is 14.5. The maximum absolute atomic E-state index is 7.17. The molecule has 362 valence electrons. The summed E-state index contributed by atoms with van der Waals surface area (Å²) in [5.74, 6) is 1.99. The van der Waals surface area contributed by atoms with Crippen molar-refractivity contribution in [1.29, 1.82) is 0 Å². The molecule has 1 aliphatic rings. The molecular formula is C68H52N4OPt-2. The molecule has 0 atom stereocenters. The molecule has 0 unspecified atom stereocenters. The fourth-order valence-electron chi connectivity index (χ4n) is 10.8. The first-order valence-corrected chi connectivity index (χ1v) is 25.1. The van der Waals surface area contributed by atoms with Gasteiger partial charge in [-0.2, -0.15) is 18.2 Å². The van der Waals surface area contributed by atoms with Crippen LogP contribution in [0.3, 0.4) is 0 Å². The monoisotopic (exact) mass is 1140 g/mol. The molecule has 0 radical (unpaired) electrons. The van der Waals surface area contributed by atoms with E-state index in [4.69, 9.17) is 9.72 Å². The van der Waals surface area contributed by atoms with Crippen molar-refractivity contribution in [2.24, 2.45) is 0 Å². The molecule has 0 saturated carbocycles. The maximum Gasteiger partial charge on any atom is 0.268 e. The van der Waals surface area contributed by atoms with Crippen molar-refractivity contribution in [3.05, 3.63) is 236 Å². The van der Waals surface area contributed by atoms with Crippen molar-refractivity contribution in [1.82, 2.24) is 14.1 Å². The molecule has 12 aromatic rings. The van der Waals surface area contributed by atoms with Crippen LogP contribution in [-0.2, 0) is 31.9 Å². The van der Waals surface area contributed by atoms with Gasteiger partial charge in [0.2, 0.25) is 0 Å². The third kappa shape index (κ3) is 7.90. The van der Waals surface area contributed by atoms with Gasteiger partial charge in [0.05, 0.1) is 16.7 Å². The Hall–Kier alpha value is -8.11. The number of hydrogen-bond donors (Lipinski definition) is 0. The summed E-state index contributed by atoms with van der Waals surface area (Å²) in [4.78, 5) is 4.98. The molecule has 0 N–H and O–H groups in total. The van der Waals surface area contributed by atoms with Gasteiger partial charge in [0.25, 0.3) is 6.33 Å². The van der Waals surface area contributed by atoms with Crippen LogP contribution in [0.4, 0.5) is 0 Å². The minimum atomic E-state index is -0.0655. The molecular weight excluding hydrogens is 1080 g/mol. The van der Waals surface area contributed by atoms with Gasteiger partial charge in [0.15, 0.2) is 0 Å². The van der Waals surface area contributed by atoms with Crippen LogP contribution in [0.15, 0.2) is 206 Å². The zero-order valence-corrected chi connectivity index (χ0v) is 44.4. The fraction of sp³-hybridized carbons (Fsp3) is 0.118. The Morgan fingerprint density at radius 1 is 0.473 bits per heavy atom. The second-order valence-electron chi connectivity index (χ2n) is 21.2. The number of aromatic nitrogens is 4. The van der Waals surface area contributed by atoms with Crippen molar-refractivity contribution in [2.45, 2.75) is 52.4 Å². The van der Waals surface area contributed by atoms with Gasteiger partial charge in [-0.25, -0.2) is 4.98 Å². The zero-order chi connectivity index (χ0) is 49.6. The molecule has 4 heterocycles. The number of pyridine rings is 1. The number of benzene rings is 9. The van der Waals surface area contributed by atoms with Gasteiger partial charge in [0.1, 0.15) is 5.82 Å². The second-order valence-corrected chi connectivity index (χ2v) is 21.2. The Balaban J connectivity index is 0.00000556. The Kier molecular flexibility index (Phi) is 11.5. The molecule has 0 saturated heterocycles. The van der Waals surface area contributed by atoms with Gasteiger partial charge < -0.3 is 13.9 Å². The molecule has 0 fully saturated rings. The zero-order valence-electron chi connectivity index (χ0n) is 42.1. The summed E-state index contributed by atoms with van der Waals surface area (Å²) in [6.45, 7) is 13.5. The van der Waals surface area contributed by atoms with Crippen LogP contribution in [0.2, 0.25) is 0 Å². The van der Waals surface area contributed by atoms with Crippen LogP contribution in [0.5, 0.6) is 11.5 Å². The largest absolute Gasteiger partial charge is 0.509 e. The third-order valence-electron chi connectivity index (χ3n) is 14.5. The summed E-state index contributed by atoms with van der Waals surface area (Å²) in [6, 6.07) is 79.2. The number of fused-ring (bicyclic) bond motifs is 10. The average Bonchev–Trinajstić information content (AvgIpc) is 3.97. The molecule has 0 aliphatic carbocycles. The van der Waals surface area contributed by atoms with E-state index < -0.39 is 0 Å². The van der Waals surface area contributed by atoms with Gasteiger partial charge >= 0.3 is 0 Å². The summed E-state index contributed by atoms with van der Waals surface area (Å²) in [5.41, 5.74) is 19.4. The van der Waals surface area contributed by atoms with Gasteiger partial charge in [0, 0.05) is 44.3 Å². The van der Waals surface area contributed by atoms with Crippen LogP contribution in [0.1, 0.15) is 52.7 Å². The van der Waals surface area contributed by atoms with E-state index >= 15 is 0 Å². The molecule has 0 amide bonds. The summed E-state index contributed by atoms with van der Waals surface area (Å²) in [5, 5.41) is 2.19. The topological polar surface area (TPSA) is 35.9 Å². The smallest absolute Gasteiger partial charge is 0.268 e. The number of hydrogen-bond acceptors (Lipinski definition) is 2. The number of rotatable bonds is 6. The van der Waals surface area contributed by atoms with Crippen molar-refractivity contribution >= 4 is 32.8 Å². The van der Waals surface area contributed by atoms with Gasteiger partial charge in [-0.15, -0.1) is 23.6 Å². The van der Waals surface area contributed by atoms with E-state index in [0.29, 0.717) is 11.5 Å². The quantitative estimate of drug-likeness (QED) is 0.123. The van der Waals surface area contributed by atoms with Crippen molar-refractivity contribution < 1.29 is 30.4 Å². The molecule has 9 aromatic carbocycles.